The van der Waals surface area contributed by atoms with E-state index in [1.54, 1.807) is 7.11 Å². The fraction of sp³-hybridized carbons (Fsp3) is 0.647. The molecule has 21 heavy (non-hydrogen) atoms. The first-order valence-electron chi connectivity index (χ1n) is 7.67. The summed E-state index contributed by atoms with van der Waals surface area (Å²) in [7, 11) is 3.83. The van der Waals surface area contributed by atoms with E-state index in [0.29, 0.717) is 18.7 Å². The Morgan fingerprint density at radius 2 is 1.90 bits per heavy atom. The van der Waals surface area contributed by atoms with E-state index in [4.69, 9.17) is 9.47 Å². The SMILES string of the molecule is COCC(C)N(C)CCOc1ccccc1CNC(C)C. The van der Waals surface area contributed by atoms with E-state index < -0.39 is 0 Å². The fourth-order valence-electron chi connectivity index (χ4n) is 1.99. The van der Waals surface area contributed by atoms with Gasteiger partial charge in [-0.3, -0.25) is 4.90 Å². The van der Waals surface area contributed by atoms with Crippen molar-refractivity contribution in [2.45, 2.75) is 39.4 Å². The molecule has 1 unspecified atom stereocenters. The number of para-hydroxylation sites is 1. The zero-order valence-corrected chi connectivity index (χ0v) is 14.1. The molecule has 0 aromatic heterocycles. The fourth-order valence-corrected chi connectivity index (χ4v) is 1.99. The molecule has 0 saturated carbocycles. The van der Waals surface area contributed by atoms with Crippen molar-refractivity contribution in [1.82, 2.24) is 10.2 Å². The minimum atomic E-state index is 0.399. The van der Waals surface area contributed by atoms with Crippen molar-refractivity contribution in [2.24, 2.45) is 0 Å². The number of rotatable bonds is 10. The van der Waals surface area contributed by atoms with Crippen LogP contribution in [0.15, 0.2) is 24.3 Å². The number of methoxy groups -OCH3 is 1. The van der Waals surface area contributed by atoms with E-state index in [0.717, 1.165) is 25.4 Å². The number of hydrogen-bond acceptors (Lipinski definition) is 4. The second-order valence-electron chi connectivity index (χ2n) is 5.78. The minimum absolute atomic E-state index is 0.399. The zero-order chi connectivity index (χ0) is 15.7. The number of ether oxygens (including phenoxy) is 2. The molecular formula is C17H30N2O2. The van der Waals surface area contributed by atoms with Crippen LogP contribution in [0.4, 0.5) is 0 Å². The molecule has 0 amide bonds. The average molecular weight is 294 g/mol. The van der Waals surface area contributed by atoms with Gasteiger partial charge in [0.1, 0.15) is 12.4 Å². The number of nitrogens with one attached hydrogen (secondary N) is 1. The third-order valence-corrected chi connectivity index (χ3v) is 3.54. The maximum absolute atomic E-state index is 5.95. The first kappa shape index (κ1) is 18.0. The van der Waals surface area contributed by atoms with Gasteiger partial charge in [0, 0.05) is 37.8 Å². The Bertz CT molecular complexity index is 396. The zero-order valence-electron chi connectivity index (χ0n) is 14.1. The predicted molar refractivity (Wildman–Crippen MR) is 87.9 cm³/mol. The average Bonchev–Trinajstić information content (AvgIpc) is 2.46. The highest BCUT2D eigenvalue weighted by Gasteiger charge is 2.09. The van der Waals surface area contributed by atoms with Crippen molar-refractivity contribution in [2.75, 3.05) is 33.9 Å². The molecule has 0 aliphatic rings. The van der Waals surface area contributed by atoms with Gasteiger partial charge >= 0.3 is 0 Å². The Balaban J connectivity index is 2.44. The highest BCUT2D eigenvalue weighted by Crippen LogP contribution is 2.17. The summed E-state index contributed by atoms with van der Waals surface area (Å²) in [4.78, 5) is 2.25. The summed E-state index contributed by atoms with van der Waals surface area (Å²) in [6, 6.07) is 9.09. The van der Waals surface area contributed by atoms with Gasteiger partial charge in [0.05, 0.1) is 6.61 Å². The third kappa shape index (κ3) is 6.93. The molecule has 0 heterocycles. The molecular weight excluding hydrogens is 264 g/mol. The van der Waals surface area contributed by atoms with Crippen LogP contribution < -0.4 is 10.1 Å². The van der Waals surface area contributed by atoms with Crippen LogP contribution in [-0.4, -0.2) is 50.9 Å². The Morgan fingerprint density at radius 1 is 1.19 bits per heavy atom. The monoisotopic (exact) mass is 294 g/mol. The van der Waals surface area contributed by atoms with Gasteiger partial charge in [-0.25, -0.2) is 0 Å². The van der Waals surface area contributed by atoms with Crippen LogP contribution in [0.2, 0.25) is 0 Å². The summed E-state index contributed by atoms with van der Waals surface area (Å²) in [6.07, 6.45) is 0. The van der Waals surface area contributed by atoms with Gasteiger partial charge in [0.2, 0.25) is 0 Å². The van der Waals surface area contributed by atoms with E-state index in [-0.39, 0.29) is 0 Å². The summed E-state index contributed by atoms with van der Waals surface area (Å²) in [5.41, 5.74) is 1.21. The predicted octanol–water partition coefficient (Wildman–Crippen LogP) is 2.53. The summed E-state index contributed by atoms with van der Waals surface area (Å²) in [6.45, 7) is 9.60. The number of benzene rings is 1. The Kier molecular flexibility index (Phi) is 8.35. The van der Waals surface area contributed by atoms with E-state index in [9.17, 15) is 0 Å². The lowest BCUT2D eigenvalue weighted by Gasteiger charge is -2.24. The van der Waals surface area contributed by atoms with E-state index >= 15 is 0 Å². The second kappa shape index (κ2) is 9.77. The van der Waals surface area contributed by atoms with Crippen LogP contribution in [0.25, 0.3) is 0 Å². The molecule has 0 aliphatic carbocycles. The van der Waals surface area contributed by atoms with E-state index in [1.165, 1.54) is 5.56 Å². The Morgan fingerprint density at radius 3 is 2.57 bits per heavy atom. The van der Waals surface area contributed by atoms with Crippen LogP contribution in [0.3, 0.4) is 0 Å². The molecule has 1 atom stereocenters. The molecule has 4 nitrogen and oxygen atoms in total. The lowest BCUT2D eigenvalue weighted by atomic mass is 10.2. The second-order valence-corrected chi connectivity index (χ2v) is 5.78. The van der Waals surface area contributed by atoms with Crippen molar-refractivity contribution in [3.63, 3.8) is 0 Å². The van der Waals surface area contributed by atoms with Gasteiger partial charge in [0.15, 0.2) is 0 Å². The molecule has 0 spiro atoms. The van der Waals surface area contributed by atoms with Gasteiger partial charge < -0.3 is 14.8 Å². The molecule has 0 fully saturated rings. The van der Waals surface area contributed by atoms with E-state index in [2.05, 4.69) is 50.2 Å². The van der Waals surface area contributed by atoms with Crippen molar-refractivity contribution < 1.29 is 9.47 Å². The summed E-state index contributed by atoms with van der Waals surface area (Å²) in [5, 5.41) is 3.43. The first-order valence-corrected chi connectivity index (χ1v) is 7.67. The Hall–Kier alpha value is -1.10. The first-order chi connectivity index (χ1) is 10.0. The van der Waals surface area contributed by atoms with Crippen molar-refractivity contribution in [3.05, 3.63) is 29.8 Å². The maximum Gasteiger partial charge on any atom is 0.123 e. The lowest BCUT2D eigenvalue weighted by Crippen LogP contribution is -2.35. The molecule has 1 N–H and O–H groups in total. The molecule has 1 aromatic rings. The number of nitrogens with zero attached hydrogens (tertiary/aromatic N) is 1. The Labute approximate surface area is 129 Å². The summed E-state index contributed by atoms with van der Waals surface area (Å²) < 4.78 is 11.1. The molecule has 0 saturated heterocycles. The van der Waals surface area contributed by atoms with Gasteiger partial charge in [-0.05, 0) is 20.0 Å². The topological polar surface area (TPSA) is 33.7 Å². The van der Waals surface area contributed by atoms with Crippen molar-refractivity contribution >= 4 is 0 Å². The molecule has 0 aliphatic heterocycles. The van der Waals surface area contributed by atoms with Gasteiger partial charge in [0.25, 0.3) is 0 Å². The van der Waals surface area contributed by atoms with Crippen LogP contribution in [0.5, 0.6) is 5.75 Å². The van der Waals surface area contributed by atoms with Gasteiger partial charge in [-0.1, -0.05) is 32.0 Å². The van der Waals surface area contributed by atoms with E-state index in [1.807, 2.05) is 12.1 Å². The normalized spacial score (nSPS) is 12.9. The summed E-state index contributed by atoms with van der Waals surface area (Å²) in [5.74, 6) is 0.971. The standard InChI is InChI=1S/C17H30N2O2/c1-14(2)18-12-16-8-6-7-9-17(16)21-11-10-19(4)15(3)13-20-5/h6-9,14-15,18H,10-13H2,1-5H3. The van der Waals surface area contributed by atoms with Crippen molar-refractivity contribution in [1.29, 1.82) is 0 Å². The minimum Gasteiger partial charge on any atom is -0.492 e. The highest BCUT2D eigenvalue weighted by atomic mass is 16.5. The molecule has 0 radical (unpaired) electrons. The molecule has 120 valence electrons. The smallest absolute Gasteiger partial charge is 0.123 e. The number of likely N-dealkylation sites (N-methyl/N-ethyl adjacent to an activating group) is 1. The molecule has 4 heteroatoms. The largest absolute Gasteiger partial charge is 0.492 e. The lowest BCUT2D eigenvalue weighted by molar-refractivity contribution is 0.105. The van der Waals surface area contributed by atoms with Gasteiger partial charge in [-0.15, -0.1) is 0 Å². The van der Waals surface area contributed by atoms with Gasteiger partial charge in [-0.2, -0.15) is 0 Å². The van der Waals surface area contributed by atoms with Crippen LogP contribution in [0, 0.1) is 0 Å². The van der Waals surface area contributed by atoms with Crippen molar-refractivity contribution in [3.8, 4) is 5.75 Å². The molecule has 1 rings (SSSR count). The molecule has 1 aromatic carbocycles. The molecule has 0 bridgehead atoms. The van der Waals surface area contributed by atoms with Crippen LogP contribution >= 0.6 is 0 Å². The summed E-state index contributed by atoms with van der Waals surface area (Å²) >= 11 is 0. The number of hydrogen-bond donors (Lipinski definition) is 1. The maximum atomic E-state index is 5.95. The van der Waals surface area contributed by atoms with Crippen LogP contribution in [0.1, 0.15) is 26.3 Å². The highest BCUT2D eigenvalue weighted by molar-refractivity contribution is 5.33. The van der Waals surface area contributed by atoms with Crippen LogP contribution in [-0.2, 0) is 11.3 Å². The third-order valence-electron chi connectivity index (χ3n) is 3.54. The quantitative estimate of drug-likeness (QED) is 0.719.